The van der Waals surface area contributed by atoms with E-state index < -0.39 is 53.2 Å². The van der Waals surface area contributed by atoms with Crippen molar-refractivity contribution < 1.29 is 37.7 Å². The fraction of sp³-hybridized carbons (Fsp3) is 0.364. The van der Waals surface area contributed by atoms with E-state index in [0.717, 1.165) is 10.2 Å². The molecule has 2 aromatic heterocycles. The minimum absolute atomic E-state index is 0.0125. The summed E-state index contributed by atoms with van der Waals surface area (Å²) in [6, 6.07) is 10.4. The normalized spacial score (nSPS) is 22.4. The van der Waals surface area contributed by atoms with Gasteiger partial charge in [-0.2, -0.15) is 15.6 Å². The molecular weight excluding hydrogens is 575 g/mol. The highest BCUT2D eigenvalue weighted by atomic mass is 35.5. The zero-order chi connectivity index (χ0) is 28.7. The fourth-order valence-electron chi connectivity index (χ4n) is 4.24. The van der Waals surface area contributed by atoms with Crippen LogP contribution in [0.5, 0.6) is 0 Å². The molecule has 1 aromatic carbocycles. The van der Waals surface area contributed by atoms with Gasteiger partial charge in [-0.1, -0.05) is 23.7 Å². The lowest BCUT2D eigenvalue weighted by Gasteiger charge is -2.19. The number of halogens is 1. The monoisotopic (exact) mass is 596 g/mol. The third-order valence-corrected chi connectivity index (χ3v) is 10.1. The van der Waals surface area contributed by atoms with Crippen LogP contribution in [0.25, 0.3) is 11.0 Å². The van der Waals surface area contributed by atoms with Crippen LogP contribution in [0.15, 0.2) is 30.5 Å². The lowest BCUT2D eigenvalue weighted by molar-refractivity contribution is -0.0364. The Morgan fingerprint density at radius 3 is 2.46 bits per heavy atom. The molecule has 0 amide bonds. The summed E-state index contributed by atoms with van der Waals surface area (Å²) in [5.41, 5.74) is 0.151. The molecule has 206 valence electrons. The molecule has 3 heterocycles. The van der Waals surface area contributed by atoms with Crippen LogP contribution in [0.1, 0.15) is 35.9 Å². The number of sulfone groups is 1. The van der Waals surface area contributed by atoms with Gasteiger partial charge in [-0.25, -0.2) is 18.1 Å². The SMILES string of the molecule is C[C@H](Nc1c(C#N)c(Cl)nc2c1cnn2[C@@H]1O[C@H](CS(=O)(=O)CP(=O)(O)O)[C@@H](O)[C@H]1O)c1ccc(C#N)cc1. The number of pyridine rings is 1. The predicted molar refractivity (Wildman–Crippen MR) is 137 cm³/mol. The standard InChI is InChI=1S/C22H22ClN6O8PS/c1-11(13-4-2-12(6-24)3-5-13)27-17-14(7-25)20(23)28-21-15(17)8-26-29(21)22-19(31)18(30)16(37-22)9-39(35,36)10-38(32,33)34/h2-5,8,11,16,18-19,22,30-31H,9-10H2,1H3,(H,27,28)(H2,32,33,34)/t11-,16+,18+,19+,22+/m0/s1. The number of anilines is 1. The predicted octanol–water partition coefficient (Wildman–Crippen LogP) is 1.17. The van der Waals surface area contributed by atoms with Crippen LogP contribution in [0, 0.1) is 22.7 Å². The van der Waals surface area contributed by atoms with E-state index in [1.54, 1.807) is 24.3 Å². The van der Waals surface area contributed by atoms with Crippen LogP contribution in [-0.2, 0) is 19.1 Å². The van der Waals surface area contributed by atoms with E-state index in [9.17, 15) is 28.5 Å². The van der Waals surface area contributed by atoms with Crippen molar-refractivity contribution in [3.8, 4) is 12.1 Å². The zero-order valence-electron chi connectivity index (χ0n) is 20.1. The summed E-state index contributed by atoms with van der Waals surface area (Å²) in [6.45, 7) is 1.82. The molecule has 17 heteroatoms. The van der Waals surface area contributed by atoms with Crippen molar-refractivity contribution in [2.75, 3.05) is 16.6 Å². The quantitative estimate of drug-likeness (QED) is 0.182. The Labute approximate surface area is 227 Å². The Morgan fingerprint density at radius 2 is 1.87 bits per heavy atom. The molecule has 4 rings (SSSR count). The Balaban J connectivity index is 1.68. The van der Waals surface area contributed by atoms with Crippen molar-refractivity contribution in [3.05, 3.63) is 52.3 Å². The molecule has 3 aromatic rings. The van der Waals surface area contributed by atoms with Crippen molar-refractivity contribution in [2.24, 2.45) is 0 Å². The summed E-state index contributed by atoms with van der Waals surface area (Å²) in [6.07, 6.45) is -5.05. The lowest BCUT2D eigenvalue weighted by atomic mass is 10.1. The molecule has 14 nitrogen and oxygen atoms in total. The number of aliphatic hydroxyl groups excluding tert-OH is 2. The van der Waals surface area contributed by atoms with Crippen LogP contribution in [0.4, 0.5) is 5.69 Å². The first-order chi connectivity index (χ1) is 18.2. The fourth-order valence-corrected chi connectivity index (χ4v) is 7.71. The van der Waals surface area contributed by atoms with Gasteiger partial charge in [-0.3, -0.25) is 4.57 Å². The van der Waals surface area contributed by atoms with Crippen molar-refractivity contribution >= 4 is 45.8 Å². The molecule has 5 atom stereocenters. The lowest BCUT2D eigenvalue weighted by Crippen LogP contribution is -2.36. The smallest absolute Gasteiger partial charge is 0.340 e. The van der Waals surface area contributed by atoms with Gasteiger partial charge in [0.15, 0.2) is 32.4 Å². The average Bonchev–Trinajstić information content (AvgIpc) is 3.38. The Morgan fingerprint density at radius 1 is 1.21 bits per heavy atom. The second-order valence-electron chi connectivity index (χ2n) is 8.94. The number of hydrogen-bond acceptors (Lipinski definition) is 11. The summed E-state index contributed by atoms with van der Waals surface area (Å²) in [5.74, 6) is -0.965. The minimum atomic E-state index is -4.91. The number of benzene rings is 1. The summed E-state index contributed by atoms with van der Waals surface area (Å²) < 4.78 is 42.2. The highest BCUT2D eigenvalue weighted by Crippen LogP contribution is 2.39. The summed E-state index contributed by atoms with van der Waals surface area (Å²) in [4.78, 5) is 22.2. The molecule has 5 N–H and O–H groups in total. The van der Waals surface area contributed by atoms with Gasteiger partial charge in [0.05, 0.1) is 34.7 Å². The van der Waals surface area contributed by atoms with Crippen LogP contribution in [0.2, 0.25) is 5.15 Å². The number of nitrogens with zero attached hydrogens (tertiary/aromatic N) is 5. The van der Waals surface area contributed by atoms with E-state index >= 15 is 0 Å². The molecule has 0 aliphatic carbocycles. The van der Waals surface area contributed by atoms with Gasteiger partial charge < -0.3 is 30.1 Å². The van der Waals surface area contributed by atoms with E-state index in [2.05, 4.69) is 15.4 Å². The molecule has 0 spiro atoms. The largest absolute Gasteiger partial charge is 0.387 e. The summed E-state index contributed by atoms with van der Waals surface area (Å²) in [7, 11) is -9.28. The van der Waals surface area contributed by atoms with Crippen LogP contribution >= 0.6 is 19.2 Å². The molecule has 0 unspecified atom stereocenters. The Bertz CT molecular complexity index is 1650. The first-order valence-electron chi connectivity index (χ1n) is 11.2. The summed E-state index contributed by atoms with van der Waals surface area (Å²) >= 11 is 6.30. The van der Waals surface area contributed by atoms with Gasteiger partial charge in [-0.15, -0.1) is 0 Å². The van der Waals surface area contributed by atoms with Crippen LogP contribution < -0.4 is 5.32 Å². The number of fused-ring (bicyclic) bond motifs is 1. The number of rotatable bonds is 8. The minimum Gasteiger partial charge on any atom is -0.387 e. The van der Waals surface area contributed by atoms with Gasteiger partial charge in [-0.05, 0) is 24.6 Å². The van der Waals surface area contributed by atoms with Crippen molar-refractivity contribution in [1.82, 2.24) is 14.8 Å². The molecule has 39 heavy (non-hydrogen) atoms. The molecule has 1 saturated heterocycles. The molecular formula is C22H22ClN6O8PS. The van der Waals surface area contributed by atoms with E-state index in [0.29, 0.717) is 10.9 Å². The van der Waals surface area contributed by atoms with Gasteiger partial charge in [0.1, 0.15) is 29.9 Å². The van der Waals surface area contributed by atoms with Crippen molar-refractivity contribution in [3.63, 3.8) is 0 Å². The van der Waals surface area contributed by atoms with Gasteiger partial charge in [0.2, 0.25) is 0 Å². The average molecular weight is 597 g/mol. The molecule has 0 radical (unpaired) electrons. The van der Waals surface area contributed by atoms with E-state index in [-0.39, 0.29) is 28.1 Å². The maximum Gasteiger partial charge on any atom is 0.340 e. The molecule has 1 fully saturated rings. The van der Waals surface area contributed by atoms with Gasteiger partial charge in [0, 0.05) is 6.04 Å². The summed E-state index contributed by atoms with van der Waals surface area (Å²) in [5, 5.41) is 47.3. The molecule has 1 aliphatic rings. The third-order valence-electron chi connectivity index (χ3n) is 6.07. The van der Waals surface area contributed by atoms with Crippen LogP contribution in [0.3, 0.4) is 0 Å². The van der Waals surface area contributed by atoms with E-state index in [1.807, 2.05) is 19.1 Å². The third kappa shape index (κ3) is 6.06. The molecule has 1 aliphatic heterocycles. The zero-order valence-corrected chi connectivity index (χ0v) is 22.5. The van der Waals surface area contributed by atoms with Gasteiger partial charge in [0.25, 0.3) is 0 Å². The molecule has 0 bridgehead atoms. The maximum atomic E-state index is 12.2. The van der Waals surface area contributed by atoms with Crippen LogP contribution in [-0.4, -0.2) is 72.7 Å². The number of hydrogen-bond donors (Lipinski definition) is 5. The Kier molecular flexibility index (Phi) is 8.01. The number of ether oxygens (including phenoxy) is 1. The van der Waals surface area contributed by atoms with E-state index in [1.165, 1.54) is 6.20 Å². The van der Waals surface area contributed by atoms with Crippen molar-refractivity contribution in [2.45, 2.75) is 37.5 Å². The van der Waals surface area contributed by atoms with Crippen molar-refractivity contribution in [1.29, 1.82) is 10.5 Å². The number of aromatic nitrogens is 3. The second kappa shape index (κ2) is 10.8. The first kappa shape index (κ1) is 28.9. The topological polar surface area (TPSA) is 232 Å². The number of nitrogens with one attached hydrogen (secondary N) is 1. The maximum absolute atomic E-state index is 12.2. The highest BCUT2D eigenvalue weighted by Gasteiger charge is 2.47. The first-order valence-corrected chi connectivity index (χ1v) is 15.2. The number of aliphatic hydroxyl groups is 2. The van der Waals surface area contributed by atoms with Gasteiger partial charge >= 0.3 is 7.60 Å². The van der Waals surface area contributed by atoms with E-state index in [4.69, 9.17) is 31.4 Å². The Hall–Kier alpha value is -3.11. The highest BCUT2D eigenvalue weighted by molar-refractivity contribution is 7.97. The molecule has 0 saturated carbocycles. The number of nitriles is 2. The second-order valence-corrected chi connectivity index (χ2v) is 13.5.